The number of nitrogens with zero attached hydrogens (tertiary/aromatic N) is 1. The quantitative estimate of drug-likeness (QED) is 0.714. The highest BCUT2D eigenvalue weighted by Crippen LogP contribution is 2.24. The molecule has 0 spiro atoms. The van der Waals surface area contributed by atoms with E-state index in [1.807, 2.05) is 6.92 Å². The lowest BCUT2D eigenvalue weighted by Gasteiger charge is -2.19. The maximum Gasteiger partial charge on any atom is 0.265 e. The van der Waals surface area contributed by atoms with Crippen LogP contribution in [-0.2, 0) is 14.8 Å². The molecule has 1 atom stereocenters. The standard InChI is InChI=1S/C18H20Cl2N2O4S/c1-4-17(18(23)21-14-10-12(19)9-13(20)11-14)26-16-7-5-15(6-8-16)22(2)27(3,24)25/h5-11,17H,4H2,1-3H3,(H,21,23)/t17-/m0/s1. The number of amides is 1. The minimum Gasteiger partial charge on any atom is -0.481 e. The average molecular weight is 431 g/mol. The molecule has 0 aromatic heterocycles. The van der Waals surface area contributed by atoms with E-state index in [1.54, 1.807) is 42.5 Å². The van der Waals surface area contributed by atoms with Crippen LogP contribution in [0.5, 0.6) is 5.75 Å². The number of benzene rings is 2. The maximum atomic E-state index is 12.5. The molecule has 1 N–H and O–H groups in total. The second-order valence-corrected chi connectivity index (χ2v) is 8.77. The van der Waals surface area contributed by atoms with Gasteiger partial charge in [-0.05, 0) is 48.9 Å². The first-order valence-electron chi connectivity index (χ1n) is 8.07. The van der Waals surface area contributed by atoms with E-state index in [4.69, 9.17) is 27.9 Å². The van der Waals surface area contributed by atoms with Gasteiger partial charge in [0, 0.05) is 22.8 Å². The van der Waals surface area contributed by atoms with Crippen LogP contribution in [0, 0.1) is 0 Å². The first-order chi connectivity index (χ1) is 12.6. The second-order valence-electron chi connectivity index (χ2n) is 5.89. The number of rotatable bonds is 7. The van der Waals surface area contributed by atoms with Crippen LogP contribution in [0.4, 0.5) is 11.4 Å². The Bertz CT molecular complexity index is 897. The summed E-state index contributed by atoms with van der Waals surface area (Å²) >= 11 is 11.9. The summed E-state index contributed by atoms with van der Waals surface area (Å²) in [6.07, 6.45) is 0.823. The number of carbonyl (C=O) groups is 1. The Hall–Kier alpha value is -1.96. The Labute approximate surface area is 169 Å². The highest BCUT2D eigenvalue weighted by molar-refractivity contribution is 7.92. The SMILES string of the molecule is CC[C@H](Oc1ccc(N(C)S(C)(=O)=O)cc1)C(=O)Nc1cc(Cl)cc(Cl)c1. The molecule has 2 aromatic carbocycles. The Morgan fingerprint density at radius 1 is 1.15 bits per heavy atom. The fourth-order valence-electron chi connectivity index (χ4n) is 2.26. The van der Waals surface area contributed by atoms with Crippen LogP contribution in [-0.4, -0.2) is 33.7 Å². The molecule has 0 fully saturated rings. The van der Waals surface area contributed by atoms with E-state index in [9.17, 15) is 13.2 Å². The summed E-state index contributed by atoms with van der Waals surface area (Å²) in [5, 5.41) is 3.55. The van der Waals surface area contributed by atoms with E-state index in [1.165, 1.54) is 7.05 Å². The number of hydrogen-bond acceptors (Lipinski definition) is 4. The van der Waals surface area contributed by atoms with Gasteiger partial charge in [0.05, 0.1) is 11.9 Å². The number of halogens is 2. The van der Waals surface area contributed by atoms with Crippen LogP contribution >= 0.6 is 23.2 Å². The van der Waals surface area contributed by atoms with Gasteiger partial charge in [0.25, 0.3) is 5.91 Å². The van der Waals surface area contributed by atoms with Crippen LogP contribution in [0.15, 0.2) is 42.5 Å². The van der Waals surface area contributed by atoms with E-state index >= 15 is 0 Å². The van der Waals surface area contributed by atoms with Crippen molar-refractivity contribution in [1.29, 1.82) is 0 Å². The molecule has 0 aliphatic heterocycles. The molecule has 27 heavy (non-hydrogen) atoms. The first kappa shape index (κ1) is 21.3. The Balaban J connectivity index is 2.08. The van der Waals surface area contributed by atoms with Crippen molar-refractivity contribution < 1.29 is 17.9 Å². The van der Waals surface area contributed by atoms with E-state index in [2.05, 4.69) is 5.32 Å². The fourth-order valence-corrected chi connectivity index (χ4v) is 3.29. The fraction of sp³-hybridized carbons (Fsp3) is 0.278. The maximum absolute atomic E-state index is 12.5. The molecule has 0 radical (unpaired) electrons. The zero-order chi connectivity index (χ0) is 20.2. The summed E-state index contributed by atoms with van der Waals surface area (Å²) < 4.78 is 30.0. The van der Waals surface area contributed by atoms with Crippen LogP contribution in [0.2, 0.25) is 10.0 Å². The van der Waals surface area contributed by atoms with E-state index < -0.39 is 16.1 Å². The predicted molar refractivity (Wildman–Crippen MR) is 109 cm³/mol. The molecule has 0 saturated carbocycles. The zero-order valence-electron chi connectivity index (χ0n) is 15.1. The Morgan fingerprint density at radius 2 is 1.70 bits per heavy atom. The van der Waals surface area contributed by atoms with Crippen LogP contribution in [0.1, 0.15) is 13.3 Å². The largest absolute Gasteiger partial charge is 0.481 e. The molecule has 146 valence electrons. The van der Waals surface area contributed by atoms with E-state index in [0.717, 1.165) is 10.6 Å². The first-order valence-corrected chi connectivity index (χ1v) is 10.7. The minimum atomic E-state index is -3.34. The number of anilines is 2. The molecule has 0 unspecified atom stereocenters. The lowest BCUT2D eigenvalue weighted by Crippen LogP contribution is -2.32. The van der Waals surface area contributed by atoms with Crippen molar-refractivity contribution in [3.8, 4) is 5.75 Å². The summed E-state index contributed by atoms with van der Waals surface area (Å²) in [7, 11) is -1.88. The van der Waals surface area contributed by atoms with Crippen molar-refractivity contribution in [2.24, 2.45) is 0 Å². The van der Waals surface area contributed by atoms with Gasteiger partial charge in [-0.3, -0.25) is 9.10 Å². The van der Waals surface area contributed by atoms with Crippen LogP contribution in [0.3, 0.4) is 0 Å². The molecular weight excluding hydrogens is 411 g/mol. The van der Waals surface area contributed by atoms with Gasteiger partial charge in [-0.15, -0.1) is 0 Å². The summed E-state index contributed by atoms with van der Waals surface area (Å²) in [6.45, 7) is 1.82. The summed E-state index contributed by atoms with van der Waals surface area (Å²) in [6, 6.07) is 11.2. The minimum absolute atomic E-state index is 0.340. The summed E-state index contributed by atoms with van der Waals surface area (Å²) in [5.74, 6) is 0.111. The van der Waals surface area contributed by atoms with Gasteiger partial charge in [0.1, 0.15) is 5.75 Å². The molecule has 9 heteroatoms. The third-order valence-electron chi connectivity index (χ3n) is 3.77. The molecule has 6 nitrogen and oxygen atoms in total. The molecule has 1 amide bonds. The Kier molecular flexibility index (Phi) is 6.97. The van der Waals surface area contributed by atoms with Gasteiger partial charge < -0.3 is 10.1 Å². The van der Waals surface area contributed by atoms with Crippen molar-refractivity contribution >= 4 is 50.5 Å². The Morgan fingerprint density at radius 3 is 2.19 bits per heavy atom. The zero-order valence-corrected chi connectivity index (χ0v) is 17.4. The van der Waals surface area contributed by atoms with Gasteiger partial charge in [-0.25, -0.2) is 8.42 Å². The van der Waals surface area contributed by atoms with Gasteiger partial charge in [0.15, 0.2) is 6.10 Å². The smallest absolute Gasteiger partial charge is 0.265 e. The number of carbonyl (C=O) groups excluding carboxylic acids is 1. The highest BCUT2D eigenvalue weighted by atomic mass is 35.5. The third kappa shape index (κ3) is 6.02. The predicted octanol–water partition coefficient (Wildman–Crippen LogP) is 4.19. The van der Waals surface area contributed by atoms with Gasteiger partial charge in [-0.2, -0.15) is 0 Å². The summed E-state index contributed by atoms with van der Waals surface area (Å²) in [4.78, 5) is 12.5. The lowest BCUT2D eigenvalue weighted by molar-refractivity contribution is -0.122. The van der Waals surface area contributed by atoms with Crippen molar-refractivity contribution in [2.75, 3.05) is 22.9 Å². The van der Waals surface area contributed by atoms with Gasteiger partial charge in [0.2, 0.25) is 10.0 Å². The van der Waals surface area contributed by atoms with Crippen molar-refractivity contribution in [2.45, 2.75) is 19.4 Å². The number of hydrogen-bond donors (Lipinski definition) is 1. The molecule has 0 heterocycles. The van der Waals surface area contributed by atoms with E-state index in [-0.39, 0.29) is 5.91 Å². The average Bonchev–Trinajstić information content (AvgIpc) is 2.57. The third-order valence-corrected chi connectivity index (χ3v) is 5.41. The monoisotopic (exact) mass is 430 g/mol. The van der Waals surface area contributed by atoms with Crippen molar-refractivity contribution in [3.63, 3.8) is 0 Å². The lowest BCUT2D eigenvalue weighted by atomic mass is 10.2. The molecule has 2 aromatic rings. The molecule has 0 bridgehead atoms. The molecule has 0 saturated heterocycles. The molecular formula is C18H20Cl2N2O4S. The van der Waals surface area contributed by atoms with E-state index in [0.29, 0.717) is 33.6 Å². The number of sulfonamides is 1. The number of ether oxygens (including phenoxy) is 1. The highest BCUT2D eigenvalue weighted by Gasteiger charge is 2.19. The molecule has 0 aliphatic carbocycles. The van der Waals surface area contributed by atoms with Crippen LogP contribution < -0.4 is 14.4 Å². The topological polar surface area (TPSA) is 75.7 Å². The second kappa shape index (κ2) is 8.82. The molecule has 2 rings (SSSR count). The number of nitrogens with one attached hydrogen (secondary N) is 1. The van der Waals surface area contributed by atoms with Crippen molar-refractivity contribution in [1.82, 2.24) is 0 Å². The van der Waals surface area contributed by atoms with Crippen molar-refractivity contribution in [3.05, 3.63) is 52.5 Å². The van der Waals surface area contributed by atoms with Gasteiger partial charge in [-0.1, -0.05) is 30.1 Å². The van der Waals surface area contributed by atoms with Crippen LogP contribution in [0.25, 0.3) is 0 Å². The summed E-state index contributed by atoms with van der Waals surface area (Å²) in [5.41, 5.74) is 0.973. The van der Waals surface area contributed by atoms with Gasteiger partial charge >= 0.3 is 0 Å². The molecule has 0 aliphatic rings. The normalized spacial score (nSPS) is 12.3.